The third kappa shape index (κ3) is 5.23. The lowest BCUT2D eigenvalue weighted by atomic mass is 10.1. The maximum absolute atomic E-state index is 12.3. The van der Waals surface area contributed by atoms with E-state index in [0.29, 0.717) is 31.2 Å². The first-order chi connectivity index (χ1) is 15.6. The van der Waals surface area contributed by atoms with E-state index in [1.165, 1.54) is 0 Å². The molecule has 3 aromatic rings. The molecule has 2 aromatic heterocycles. The number of unbranched alkanes of at least 4 members (excludes halogenated alkanes) is 1. The normalized spacial score (nSPS) is 12.8. The van der Waals surface area contributed by atoms with E-state index in [1.54, 1.807) is 6.20 Å². The highest BCUT2D eigenvalue weighted by atomic mass is 16.5. The van der Waals surface area contributed by atoms with Crippen molar-refractivity contribution in [1.29, 1.82) is 0 Å². The summed E-state index contributed by atoms with van der Waals surface area (Å²) in [5.41, 5.74) is 8.69. The Morgan fingerprint density at radius 2 is 2.06 bits per heavy atom. The minimum absolute atomic E-state index is 0.152. The molecule has 1 aliphatic rings. The molecule has 0 saturated carbocycles. The minimum atomic E-state index is -0.152. The summed E-state index contributed by atoms with van der Waals surface area (Å²) in [6, 6.07) is 14.2. The summed E-state index contributed by atoms with van der Waals surface area (Å²) < 4.78 is 5.66. The van der Waals surface area contributed by atoms with Crippen molar-refractivity contribution in [3.63, 3.8) is 0 Å². The number of nitrogen functional groups attached to an aromatic ring is 1. The fourth-order valence-electron chi connectivity index (χ4n) is 3.44. The molecule has 32 heavy (non-hydrogen) atoms. The maximum Gasteiger partial charge on any atom is 0.320 e. The Balaban J connectivity index is 1.51. The van der Waals surface area contributed by atoms with Gasteiger partial charge in [-0.1, -0.05) is 43.7 Å². The van der Waals surface area contributed by atoms with Crippen molar-refractivity contribution in [3.05, 3.63) is 59.8 Å². The Morgan fingerprint density at radius 3 is 2.88 bits per heavy atom. The van der Waals surface area contributed by atoms with Crippen LogP contribution in [0.15, 0.2) is 48.7 Å². The molecule has 0 aliphatic carbocycles. The molecule has 0 radical (unpaired) electrons. The van der Waals surface area contributed by atoms with Crippen molar-refractivity contribution in [2.24, 2.45) is 0 Å². The van der Waals surface area contributed by atoms with E-state index in [1.807, 2.05) is 35.2 Å². The fraction of sp³-hybridized carbons (Fsp3) is 0.304. The van der Waals surface area contributed by atoms with Crippen molar-refractivity contribution in [2.45, 2.75) is 32.9 Å². The van der Waals surface area contributed by atoms with E-state index < -0.39 is 0 Å². The van der Waals surface area contributed by atoms with Gasteiger partial charge in [0.05, 0.1) is 13.2 Å². The van der Waals surface area contributed by atoms with Crippen LogP contribution in [-0.2, 0) is 17.9 Å². The second kappa shape index (κ2) is 9.95. The molecule has 9 heteroatoms. The SMILES string of the molecule is CCCCOc1nc(N)c2c(n1)N(Cc1cccc(CNc3ccccn3)c1)CC(=O)N2. The van der Waals surface area contributed by atoms with Gasteiger partial charge in [0, 0.05) is 19.3 Å². The van der Waals surface area contributed by atoms with Crippen molar-refractivity contribution in [3.8, 4) is 6.01 Å². The molecule has 166 valence electrons. The number of pyridine rings is 1. The lowest BCUT2D eigenvalue weighted by molar-refractivity contribution is -0.115. The Morgan fingerprint density at radius 1 is 1.19 bits per heavy atom. The van der Waals surface area contributed by atoms with E-state index >= 15 is 0 Å². The van der Waals surface area contributed by atoms with Gasteiger partial charge in [-0.2, -0.15) is 9.97 Å². The first kappa shape index (κ1) is 21.4. The molecule has 0 fully saturated rings. The number of ether oxygens (including phenoxy) is 1. The number of hydrogen-bond acceptors (Lipinski definition) is 8. The molecule has 1 amide bonds. The van der Waals surface area contributed by atoms with Gasteiger partial charge in [-0.05, 0) is 29.7 Å². The largest absolute Gasteiger partial charge is 0.463 e. The summed E-state index contributed by atoms with van der Waals surface area (Å²) in [4.78, 5) is 27.2. The third-order valence-corrected chi connectivity index (χ3v) is 5.03. The quantitative estimate of drug-likeness (QED) is 0.440. The van der Waals surface area contributed by atoms with Crippen LogP contribution in [0.2, 0.25) is 0 Å². The van der Waals surface area contributed by atoms with Crippen LogP contribution in [0.1, 0.15) is 30.9 Å². The minimum Gasteiger partial charge on any atom is -0.463 e. The average Bonchev–Trinajstić information content (AvgIpc) is 2.80. The summed E-state index contributed by atoms with van der Waals surface area (Å²) in [7, 11) is 0. The maximum atomic E-state index is 12.3. The van der Waals surface area contributed by atoms with E-state index in [9.17, 15) is 4.79 Å². The van der Waals surface area contributed by atoms with Crippen LogP contribution in [0.3, 0.4) is 0 Å². The number of nitrogens with zero attached hydrogens (tertiary/aromatic N) is 4. The van der Waals surface area contributed by atoms with E-state index in [0.717, 1.165) is 29.8 Å². The summed E-state index contributed by atoms with van der Waals surface area (Å²) in [6.45, 7) is 3.93. The number of fused-ring (bicyclic) bond motifs is 1. The van der Waals surface area contributed by atoms with Gasteiger partial charge in [0.1, 0.15) is 11.5 Å². The fourth-order valence-corrected chi connectivity index (χ4v) is 3.44. The van der Waals surface area contributed by atoms with Gasteiger partial charge in [-0.3, -0.25) is 4.79 Å². The van der Waals surface area contributed by atoms with Crippen LogP contribution in [-0.4, -0.2) is 34.0 Å². The predicted molar refractivity (Wildman–Crippen MR) is 125 cm³/mol. The van der Waals surface area contributed by atoms with Crippen LogP contribution in [0.4, 0.5) is 23.1 Å². The number of hydrogen-bond donors (Lipinski definition) is 3. The first-order valence-electron chi connectivity index (χ1n) is 10.7. The van der Waals surface area contributed by atoms with Gasteiger partial charge >= 0.3 is 6.01 Å². The van der Waals surface area contributed by atoms with Gasteiger partial charge < -0.3 is 26.0 Å². The van der Waals surface area contributed by atoms with Gasteiger partial charge in [0.25, 0.3) is 0 Å². The average molecular weight is 434 g/mol. The van der Waals surface area contributed by atoms with E-state index in [2.05, 4.69) is 44.6 Å². The number of rotatable bonds is 9. The molecule has 0 spiro atoms. The van der Waals surface area contributed by atoms with E-state index in [4.69, 9.17) is 10.5 Å². The van der Waals surface area contributed by atoms with Crippen molar-refractivity contribution < 1.29 is 9.53 Å². The molecule has 0 atom stereocenters. The second-order valence-electron chi connectivity index (χ2n) is 7.58. The zero-order valence-electron chi connectivity index (χ0n) is 18.0. The second-order valence-corrected chi connectivity index (χ2v) is 7.58. The Hall–Kier alpha value is -3.88. The number of carbonyl (C=O) groups excluding carboxylic acids is 1. The zero-order chi connectivity index (χ0) is 22.3. The molecule has 3 heterocycles. The van der Waals surface area contributed by atoms with Crippen molar-refractivity contribution >= 4 is 29.0 Å². The standard InChI is InChI=1S/C23H27N7O2/c1-2-3-11-32-23-28-21(24)20-22(29-23)30(15-19(31)27-20)14-17-8-6-7-16(12-17)13-26-18-9-4-5-10-25-18/h4-10,12H,2-3,11,13-15H2,1H3,(H,25,26)(H,27,31)(H2,24,28,29). The highest BCUT2D eigenvalue weighted by molar-refractivity contribution is 6.03. The molecule has 0 bridgehead atoms. The predicted octanol–water partition coefficient (Wildman–Crippen LogP) is 3.20. The van der Waals surface area contributed by atoms with Crippen LogP contribution in [0, 0.1) is 0 Å². The Labute approximate surface area is 187 Å². The summed E-state index contributed by atoms with van der Waals surface area (Å²) in [5.74, 6) is 1.44. The van der Waals surface area contributed by atoms with Crippen LogP contribution < -0.4 is 26.0 Å². The molecular weight excluding hydrogens is 406 g/mol. The van der Waals surface area contributed by atoms with Crippen LogP contribution >= 0.6 is 0 Å². The number of carbonyl (C=O) groups is 1. The molecular formula is C23H27N7O2. The number of aromatic nitrogens is 3. The molecule has 1 aromatic carbocycles. The third-order valence-electron chi connectivity index (χ3n) is 5.03. The number of anilines is 4. The Kier molecular flexibility index (Phi) is 6.64. The van der Waals surface area contributed by atoms with E-state index in [-0.39, 0.29) is 24.3 Å². The molecule has 4 rings (SSSR count). The van der Waals surface area contributed by atoms with Crippen LogP contribution in [0.5, 0.6) is 6.01 Å². The summed E-state index contributed by atoms with van der Waals surface area (Å²) >= 11 is 0. The van der Waals surface area contributed by atoms with Gasteiger partial charge in [-0.25, -0.2) is 4.98 Å². The molecule has 4 N–H and O–H groups in total. The van der Waals surface area contributed by atoms with Gasteiger partial charge in [0.2, 0.25) is 5.91 Å². The summed E-state index contributed by atoms with van der Waals surface area (Å²) in [5, 5.41) is 6.10. The lowest BCUT2D eigenvalue weighted by Crippen LogP contribution is -2.39. The highest BCUT2D eigenvalue weighted by Crippen LogP contribution is 2.34. The van der Waals surface area contributed by atoms with Crippen LogP contribution in [0.25, 0.3) is 0 Å². The monoisotopic (exact) mass is 433 g/mol. The zero-order valence-corrected chi connectivity index (χ0v) is 18.0. The molecule has 9 nitrogen and oxygen atoms in total. The number of nitrogens with one attached hydrogen (secondary N) is 2. The molecule has 0 unspecified atom stereocenters. The molecule has 0 saturated heterocycles. The highest BCUT2D eigenvalue weighted by Gasteiger charge is 2.27. The van der Waals surface area contributed by atoms with Gasteiger partial charge in [0.15, 0.2) is 11.6 Å². The number of nitrogens with two attached hydrogens (primary N) is 1. The number of amides is 1. The topological polar surface area (TPSA) is 118 Å². The van der Waals surface area contributed by atoms with Crippen molar-refractivity contribution in [2.75, 3.05) is 34.4 Å². The van der Waals surface area contributed by atoms with Crippen molar-refractivity contribution in [1.82, 2.24) is 15.0 Å². The Bertz CT molecular complexity index is 1080. The number of benzene rings is 1. The first-order valence-corrected chi connectivity index (χ1v) is 10.7. The lowest BCUT2D eigenvalue weighted by Gasteiger charge is -2.30. The summed E-state index contributed by atoms with van der Waals surface area (Å²) in [6.07, 6.45) is 3.67. The smallest absolute Gasteiger partial charge is 0.320 e. The molecule has 1 aliphatic heterocycles. The van der Waals surface area contributed by atoms with Gasteiger partial charge in [-0.15, -0.1) is 0 Å².